The number of nitrogens with one attached hydrogen (secondary N) is 2. The van der Waals surface area contributed by atoms with Crippen LogP contribution in [0.5, 0.6) is 0 Å². The standard InChI is InChI=1S/C22H26N4O4/c1-3-21(27)23-17-5-7-18(8-6-17)24-22(28)16-4-9-19(20(14-16)26(29)30)25-12-10-15(2)11-13-25/h4-9,14-15H,3,10-13H2,1-2H3,(H,23,27)(H,24,28). The predicted molar refractivity (Wildman–Crippen MR) is 117 cm³/mol. The topological polar surface area (TPSA) is 105 Å². The smallest absolute Gasteiger partial charge is 0.293 e. The highest BCUT2D eigenvalue weighted by Crippen LogP contribution is 2.32. The number of nitro groups is 1. The first-order chi connectivity index (χ1) is 14.4. The van der Waals surface area contributed by atoms with Gasteiger partial charge in [0.25, 0.3) is 11.6 Å². The Balaban J connectivity index is 1.73. The van der Waals surface area contributed by atoms with Crippen LogP contribution in [0.3, 0.4) is 0 Å². The number of piperidine rings is 1. The number of nitro benzene ring substituents is 1. The van der Waals surface area contributed by atoms with E-state index < -0.39 is 10.8 Å². The lowest BCUT2D eigenvalue weighted by molar-refractivity contribution is -0.384. The van der Waals surface area contributed by atoms with Gasteiger partial charge in [0.2, 0.25) is 5.91 Å². The van der Waals surface area contributed by atoms with Crippen molar-refractivity contribution in [1.29, 1.82) is 0 Å². The fourth-order valence-corrected chi connectivity index (χ4v) is 3.42. The molecule has 8 heteroatoms. The largest absolute Gasteiger partial charge is 0.366 e. The summed E-state index contributed by atoms with van der Waals surface area (Å²) in [5.74, 6) is 0.0941. The van der Waals surface area contributed by atoms with Crippen molar-refractivity contribution in [3.63, 3.8) is 0 Å². The minimum Gasteiger partial charge on any atom is -0.366 e. The summed E-state index contributed by atoms with van der Waals surface area (Å²) in [6.45, 7) is 5.49. The maximum absolute atomic E-state index is 12.6. The number of carbonyl (C=O) groups is 2. The number of hydrogen-bond donors (Lipinski definition) is 2. The van der Waals surface area contributed by atoms with Crippen molar-refractivity contribution in [2.45, 2.75) is 33.1 Å². The van der Waals surface area contributed by atoms with Crippen molar-refractivity contribution in [2.24, 2.45) is 5.92 Å². The van der Waals surface area contributed by atoms with Crippen molar-refractivity contribution in [2.75, 3.05) is 28.6 Å². The van der Waals surface area contributed by atoms with Gasteiger partial charge in [-0.15, -0.1) is 0 Å². The molecule has 2 amide bonds. The van der Waals surface area contributed by atoms with Crippen LogP contribution >= 0.6 is 0 Å². The molecule has 158 valence electrons. The van der Waals surface area contributed by atoms with Crippen LogP contribution in [0.1, 0.15) is 43.5 Å². The summed E-state index contributed by atoms with van der Waals surface area (Å²) < 4.78 is 0. The number of nitrogens with zero attached hydrogens (tertiary/aromatic N) is 2. The summed E-state index contributed by atoms with van der Waals surface area (Å²) in [5, 5.41) is 17.1. The fourth-order valence-electron chi connectivity index (χ4n) is 3.42. The summed E-state index contributed by atoms with van der Waals surface area (Å²) >= 11 is 0. The van der Waals surface area contributed by atoms with Gasteiger partial charge in [0.1, 0.15) is 5.69 Å². The normalized spacial score (nSPS) is 14.3. The third-order valence-electron chi connectivity index (χ3n) is 5.31. The quantitative estimate of drug-likeness (QED) is 0.541. The molecule has 2 aromatic rings. The number of carbonyl (C=O) groups excluding carboxylic acids is 2. The molecule has 0 atom stereocenters. The highest BCUT2D eigenvalue weighted by molar-refractivity contribution is 6.05. The van der Waals surface area contributed by atoms with E-state index in [0.717, 1.165) is 25.9 Å². The molecule has 1 fully saturated rings. The van der Waals surface area contributed by atoms with E-state index in [0.29, 0.717) is 29.4 Å². The first-order valence-corrected chi connectivity index (χ1v) is 10.1. The van der Waals surface area contributed by atoms with E-state index in [-0.39, 0.29) is 17.2 Å². The third-order valence-corrected chi connectivity index (χ3v) is 5.31. The van der Waals surface area contributed by atoms with Gasteiger partial charge >= 0.3 is 0 Å². The number of amides is 2. The second-order valence-electron chi connectivity index (χ2n) is 7.56. The van der Waals surface area contributed by atoms with E-state index in [1.165, 1.54) is 6.07 Å². The molecule has 1 saturated heterocycles. The average molecular weight is 410 g/mol. The van der Waals surface area contributed by atoms with Crippen LogP contribution in [0, 0.1) is 16.0 Å². The zero-order valence-electron chi connectivity index (χ0n) is 17.2. The van der Waals surface area contributed by atoms with Crippen molar-refractivity contribution >= 4 is 34.6 Å². The van der Waals surface area contributed by atoms with Crippen LogP contribution < -0.4 is 15.5 Å². The third kappa shape index (κ3) is 5.14. The van der Waals surface area contributed by atoms with Gasteiger partial charge in [-0.05, 0) is 55.2 Å². The molecule has 0 saturated carbocycles. The first-order valence-electron chi connectivity index (χ1n) is 10.1. The molecule has 3 rings (SSSR count). The molecule has 0 aliphatic carbocycles. The van der Waals surface area contributed by atoms with Gasteiger partial charge < -0.3 is 15.5 Å². The van der Waals surface area contributed by atoms with Crippen LogP contribution in [0.4, 0.5) is 22.7 Å². The summed E-state index contributed by atoms with van der Waals surface area (Å²) in [6.07, 6.45) is 2.37. The fraction of sp³-hybridized carbons (Fsp3) is 0.364. The molecule has 1 aliphatic heterocycles. The summed E-state index contributed by atoms with van der Waals surface area (Å²) in [5.41, 5.74) is 1.88. The zero-order chi connectivity index (χ0) is 21.7. The lowest BCUT2D eigenvalue weighted by atomic mass is 9.98. The van der Waals surface area contributed by atoms with E-state index in [9.17, 15) is 19.7 Å². The van der Waals surface area contributed by atoms with Crippen LogP contribution in [0.25, 0.3) is 0 Å². The highest BCUT2D eigenvalue weighted by Gasteiger charge is 2.24. The van der Waals surface area contributed by atoms with E-state index in [1.54, 1.807) is 43.3 Å². The Kier molecular flexibility index (Phi) is 6.66. The highest BCUT2D eigenvalue weighted by atomic mass is 16.6. The molecule has 1 aliphatic rings. The SMILES string of the molecule is CCC(=O)Nc1ccc(NC(=O)c2ccc(N3CCC(C)CC3)c([N+](=O)[O-])c2)cc1. The van der Waals surface area contributed by atoms with Gasteiger partial charge in [0.05, 0.1) is 4.92 Å². The number of rotatable bonds is 6. The van der Waals surface area contributed by atoms with E-state index in [2.05, 4.69) is 17.6 Å². The molecule has 0 bridgehead atoms. The number of anilines is 3. The summed E-state index contributed by atoms with van der Waals surface area (Å²) in [7, 11) is 0. The maximum atomic E-state index is 12.6. The minimum atomic E-state index is -0.435. The molecule has 30 heavy (non-hydrogen) atoms. The second-order valence-corrected chi connectivity index (χ2v) is 7.56. The van der Waals surface area contributed by atoms with Crippen molar-refractivity contribution < 1.29 is 14.5 Å². The average Bonchev–Trinajstić information content (AvgIpc) is 2.75. The Morgan fingerprint density at radius 2 is 1.67 bits per heavy atom. The van der Waals surface area contributed by atoms with Crippen LogP contribution in [0.2, 0.25) is 0 Å². The molecule has 0 radical (unpaired) electrons. The van der Waals surface area contributed by atoms with Gasteiger partial charge in [0, 0.05) is 42.5 Å². The molecule has 2 aromatic carbocycles. The predicted octanol–water partition coefficient (Wildman–Crippen LogP) is 4.43. The lowest BCUT2D eigenvalue weighted by Crippen LogP contribution is -2.33. The van der Waals surface area contributed by atoms with E-state index in [1.807, 2.05) is 4.90 Å². The van der Waals surface area contributed by atoms with Crippen molar-refractivity contribution in [3.8, 4) is 0 Å². The lowest BCUT2D eigenvalue weighted by Gasteiger charge is -2.31. The Morgan fingerprint density at radius 1 is 1.07 bits per heavy atom. The Bertz CT molecular complexity index is 935. The minimum absolute atomic E-state index is 0.0603. The molecule has 8 nitrogen and oxygen atoms in total. The molecule has 0 aromatic heterocycles. The van der Waals surface area contributed by atoms with Gasteiger partial charge in [-0.2, -0.15) is 0 Å². The van der Waals surface area contributed by atoms with E-state index >= 15 is 0 Å². The molecular formula is C22H26N4O4. The van der Waals surface area contributed by atoms with Crippen molar-refractivity contribution in [3.05, 3.63) is 58.1 Å². The molecule has 0 unspecified atom stereocenters. The molecule has 2 N–H and O–H groups in total. The molecule has 1 heterocycles. The van der Waals surface area contributed by atoms with Crippen LogP contribution in [-0.2, 0) is 4.79 Å². The van der Waals surface area contributed by atoms with Gasteiger partial charge in [-0.1, -0.05) is 13.8 Å². The van der Waals surface area contributed by atoms with Gasteiger partial charge in [0.15, 0.2) is 0 Å². The Hall–Kier alpha value is -3.42. The first kappa shape index (κ1) is 21.3. The van der Waals surface area contributed by atoms with Gasteiger partial charge in [-0.25, -0.2) is 0 Å². The Morgan fingerprint density at radius 3 is 2.23 bits per heavy atom. The second kappa shape index (κ2) is 9.39. The molecular weight excluding hydrogens is 384 g/mol. The van der Waals surface area contributed by atoms with Crippen molar-refractivity contribution in [1.82, 2.24) is 0 Å². The maximum Gasteiger partial charge on any atom is 0.293 e. The van der Waals surface area contributed by atoms with Crippen LogP contribution in [0.15, 0.2) is 42.5 Å². The summed E-state index contributed by atoms with van der Waals surface area (Å²) in [6, 6.07) is 11.3. The number of benzene rings is 2. The monoisotopic (exact) mass is 410 g/mol. The van der Waals surface area contributed by atoms with E-state index in [4.69, 9.17) is 0 Å². The molecule has 0 spiro atoms. The van der Waals surface area contributed by atoms with Crippen LogP contribution in [-0.4, -0.2) is 29.8 Å². The summed E-state index contributed by atoms with van der Waals surface area (Å²) in [4.78, 5) is 37.3. The van der Waals surface area contributed by atoms with Gasteiger partial charge in [-0.3, -0.25) is 19.7 Å². The number of hydrogen-bond acceptors (Lipinski definition) is 5. The Labute approximate surface area is 175 Å². The zero-order valence-corrected chi connectivity index (χ0v) is 17.2.